The number of hydrogen-bond donors (Lipinski definition) is 1. The lowest BCUT2D eigenvalue weighted by Crippen LogP contribution is -2.22. The van der Waals surface area contributed by atoms with Crippen molar-refractivity contribution in [2.24, 2.45) is 0 Å². The summed E-state index contributed by atoms with van der Waals surface area (Å²) in [5, 5.41) is 8.03. The largest absolute Gasteiger partial charge is 0.310 e. The molecule has 0 spiro atoms. The second kappa shape index (κ2) is 6.37. The van der Waals surface area contributed by atoms with E-state index in [1.54, 1.807) is 23.0 Å². The van der Waals surface area contributed by atoms with Gasteiger partial charge in [0.2, 0.25) is 0 Å². The van der Waals surface area contributed by atoms with Gasteiger partial charge in [-0.05, 0) is 18.6 Å². The van der Waals surface area contributed by atoms with Gasteiger partial charge in [-0.25, -0.2) is 9.07 Å². The van der Waals surface area contributed by atoms with Crippen LogP contribution in [0, 0.1) is 5.82 Å². The molecule has 1 N–H and O–H groups in total. The Kier molecular flexibility index (Phi) is 4.78. The van der Waals surface area contributed by atoms with Crippen LogP contribution in [0.4, 0.5) is 4.39 Å². The standard InChI is InChI=1S/C15H19ClFN3/c1-4-14-11(8-18-10(2)3)9-19-20(14)15-12(16)6-5-7-13(15)17/h5-7,9-10,18H,4,8H2,1-3H3. The molecule has 3 nitrogen and oxygen atoms in total. The molecule has 0 fully saturated rings. The van der Waals surface area contributed by atoms with Gasteiger partial charge < -0.3 is 5.32 Å². The molecule has 0 unspecified atom stereocenters. The monoisotopic (exact) mass is 295 g/mol. The van der Waals surface area contributed by atoms with Crippen molar-refractivity contribution in [1.82, 2.24) is 15.1 Å². The zero-order chi connectivity index (χ0) is 14.7. The zero-order valence-electron chi connectivity index (χ0n) is 12.0. The van der Waals surface area contributed by atoms with Gasteiger partial charge in [-0.2, -0.15) is 5.10 Å². The van der Waals surface area contributed by atoms with Crippen molar-refractivity contribution < 1.29 is 4.39 Å². The summed E-state index contributed by atoms with van der Waals surface area (Å²) in [6.07, 6.45) is 2.54. The van der Waals surface area contributed by atoms with Crippen molar-refractivity contribution in [3.05, 3.63) is 46.5 Å². The summed E-state index contributed by atoms with van der Waals surface area (Å²) in [5.41, 5.74) is 2.37. The molecule has 0 aliphatic carbocycles. The highest BCUT2D eigenvalue weighted by Crippen LogP contribution is 2.25. The summed E-state index contributed by atoms with van der Waals surface area (Å²) < 4.78 is 15.6. The topological polar surface area (TPSA) is 29.9 Å². The maximum atomic E-state index is 14.0. The highest BCUT2D eigenvalue weighted by Gasteiger charge is 2.16. The van der Waals surface area contributed by atoms with Crippen LogP contribution >= 0.6 is 11.6 Å². The molecule has 1 aromatic carbocycles. The zero-order valence-corrected chi connectivity index (χ0v) is 12.7. The third-order valence-electron chi connectivity index (χ3n) is 3.14. The Morgan fingerprint density at radius 1 is 1.40 bits per heavy atom. The Morgan fingerprint density at radius 3 is 2.75 bits per heavy atom. The minimum absolute atomic E-state index is 0.321. The minimum atomic E-state index is -0.362. The van der Waals surface area contributed by atoms with Crippen molar-refractivity contribution in [2.75, 3.05) is 0 Å². The smallest absolute Gasteiger partial charge is 0.150 e. The number of nitrogens with one attached hydrogen (secondary N) is 1. The number of rotatable bonds is 5. The van der Waals surface area contributed by atoms with Gasteiger partial charge in [0.1, 0.15) is 11.5 Å². The van der Waals surface area contributed by atoms with E-state index >= 15 is 0 Å². The van der Waals surface area contributed by atoms with Crippen LogP contribution in [-0.2, 0) is 13.0 Å². The van der Waals surface area contributed by atoms with Crippen molar-refractivity contribution in [3.8, 4) is 5.69 Å². The van der Waals surface area contributed by atoms with E-state index in [-0.39, 0.29) is 5.82 Å². The molecule has 0 saturated carbocycles. The van der Waals surface area contributed by atoms with E-state index < -0.39 is 0 Å². The fourth-order valence-electron chi connectivity index (χ4n) is 2.13. The van der Waals surface area contributed by atoms with Gasteiger partial charge in [0.15, 0.2) is 0 Å². The average Bonchev–Trinajstić information content (AvgIpc) is 2.79. The molecule has 0 aliphatic rings. The van der Waals surface area contributed by atoms with Crippen molar-refractivity contribution in [2.45, 2.75) is 39.8 Å². The first-order valence-electron chi connectivity index (χ1n) is 6.78. The molecule has 1 aromatic heterocycles. The van der Waals surface area contributed by atoms with Crippen LogP contribution in [0.3, 0.4) is 0 Å². The third kappa shape index (κ3) is 3.02. The van der Waals surface area contributed by atoms with Crippen LogP contribution in [0.2, 0.25) is 5.02 Å². The van der Waals surface area contributed by atoms with Gasteiger partial charge >= 0.3 is 0 Å². The fourth-order valence-corrected chi connectivity index (χ4v) is 2.37. The molecule has 0 atom stereocenters. The first-order chi connectivity index (χ1) is 9.54. The predicted octanol–water partition coefficient (Wildman–Crippen LogP) is 3.73. The van der Waals surface area contributed by atoms with Crippen molar-refractivity contribution in [3.63, 3.8) is 0 Å². The molecule has 2 rings (SSSR count). The van der Waals surface area contributed by atoms with Crippen LogP contribution in [0.25, 0.3) is 5.69 Å². The van der Waals surface area contributed by atoms with Crippen LogP contribution in [0.5, 0.6) is 0 Å². The van der Waals surface area contributed by atoms with Gasteiger partial charge in [0, 0.05) is 23.8 Å². The molecule has 0 aliphatic heterocycles. The fraction of sp³-hybridized carbons (Fsp3) is 0.400. The Labute approximate surface area is 123 Å². The first-order valence-corrected chi connectivity index (χ1v) is 7.16. The molecule has 2 aromatic rings. The second-order valence-electron chi connectivity index (χ2n) is 4.99. The molecular formula is C15H19ClFN3. The second-order valence-corrected chi connectivity index (χ2v) is 5.39. The summed E-state index contributed by atoms with van der Waals surface area (Å²) >= 11 is 6.11. The van der Waals surface area contributed by atoms with E-state index in [1.165, 1.54) is 6.07 Å². The molecule has 0 radical (unpaired) electrons. The van der Waals surface area contributed by atoms with E-state index in [0.29, 0.717) is 23.3 Å². The number of hydrogen-bond acceptors (Lipinski definition) is 2. The summed E-state index contributed by atoms with van der Waals surface area (Å²) in [4.78, 5) is 0. The normalized spacial score (nSPS) is 11.3. The maximum Gasteiger partial charge on any atom is 0.150 e. The lowest BCUT2D eigenvalue weighted by Gasteiger charge is -2.12. The van der Waals surface area contributed by atoms with Gasteiger partial charge in [-0.1, -0.05) is 38.4 Å². The lowest BCUT2D eigenvalue weighted by molar-refractivity contribution is 0.584. The number of nitrogens with zero attached hydrogens (tertiary/aromatic N) is 2. The SMILES string of the molecule is CCc1c(CNC(C)C)cnn1-c1c(F)cccc1Cl. The molecule has 108 valence electrons. The Hall–Kier alpha value is -1.39. The third-order valence-corrected chi connectivity index (χ3v) is 3.45. The minimum Gasteiger partial charge on any atom is -0.310 e. The molecule has 1 heterocycles. The van der Waals surface area contributed by atoms with Crippen LogP contribution in [0.15, 0.2) is 24.4 Å². The summed E-state index contributed by atoms with van der Waals surface area (Å²) in [5.74, 6) is -0.362. The lowest BCUT2D eigenvalue weighted by atomic mass is 10.2. The van der Waals surface area contributed by atoms with E-state index in [1.807, 2.05) is 6.92 Å². The molecule has 5 heteroatoms. The number of para-hydroxylation sites is 1. The average molecular weight is 296 g/mol. The Bertz CT molecular complexity index is 573. The van der Waals surface area contributed by atoms with E-state index in [2.05, 4.69) is 24.3 Å². The maximum absolute atomic E-state index is 14.0. The van der Waals surface area contributed by atoms with Gasteiger partial charge in [-0.3, -0.25) is 0 Å². The van der Waals surface area contributed by atoms with Gasteiger partial charge in [0.25, 0.3) is 0 Å². The summed E-state index contributed by atoms with van der Waals surface area (Å²) in [6.45, 7) is 6.92. The van der Waals surface area contributed by atoms with E-state index in [0.717, 1.165) is 17.7 Å². The van der Waals surface area contributed by atoms with Crippen LogP contribution in [-0.4, -0.2) is 15.8 Å². The van der Waals surface area contributed by atoms with Gasteiger partial charge in [-0.15, -0.1) is 0 Å². The highest BCUT2D eigenvalue weighted by atomic mass is 35.5. The Morgan fingerprint density at radius 2 is 2.15 bits per heavy atom. The summed E-state index contributed by atoms with van der Waals surface area (Å²) in [7, 11) is 0. The van der Waals surface area contributed by atoms with Crippen LogP contribution < -0.4 is 5.32 Å². The van der Waals surface area contributed by atoms with Crippen molar-refractivity contribution >= 4 is 11.6 Å². The number of halogens is 2. The van der Waals surface area contributed by atoms with Crippen LogP contribution in [0.1, 0.15) is 32.0 Å². The first kappa shape index (κ1) is 15.0. The molecule has 0 amide bonds. The number of benzene rings is 1. The van der Waals surface area contributed by atoms with Gasteiger partial charge in [0.05, 0.1) is 11.2 Å². The molecular weight excluding hydrogens is 277 g/mol. The highest BCUT2D eigenvalue weighted by molar-refractivity contribution is 6.32. The van der Waals surface area contributed by atoms with E-state index in [4.69, 9.17) is 11.6 Å². The quantitative estimate of drug-likeness (QED) is 0.911. The van der Waals surface area contributed by atoms with Crippen molar-refractivity contribution in [1.29, 1.82) is 0 Å². The Balaban J connectivity index is 2.43. The van der Waals surface area contributed by atoms with E-state index in [9.17, 15) is 4.39 Å². The summed E-state index contributed by atoms with van der Waals surface area (Å²) in [6, 6.07) is 5.05. The molecule has 0 bridgehead atoms. The molecule has 0 saturated heterocycles. The predicted molar refractivity (Wildman–Crippen MR) is 79.9 cm³/mol. The molecule has 20 heavy (non-hydrogen) atoms. The number of aromatic nitrogens is 2.